The average molecular weight is 288 g/mol. The minimum absolute atomic E-state index is 0.0620. The summed E-state index contributed by atoms with van der Waals surface area (Å²) in [6.07, 6.45) is 0. The number of fused-ring (bicyclic) bond motifs is 1. The van der Waals surface area contributed by atoms with Gasteiger partial charge < -0.3 is 9.94 Å². The lowest BCUT2D eigenvalue weighted by Crippen LogP contribution is -2.16. The molecule has 0 spiro atoms. The van der Waals surface area contributed by atoms with Crippen LogP contribution in [0.15, 0.2) is 42.5 Å². The molecule has 0 bridgehead atoms. The molecule has 1 aliphatic heterocycles. The molecule has 100 valence electrons. The van der Waals surface area contributed by atoms with E-state index in [2.05, 4.69) is 0 Å². The fourth-order valence-corrected chi connectivity index (χ4v) is 2.49. The van der Waals surface area contributed by atoms with E-state index in [0.29, 0.717) is 26.6 Å². The highest BCUT2D eigenvalue weighted by atomic mass is 35.5. The molecule has 0 radical (unpaired) electrons. The van der Waals surface area contributed by atoms with Crippen LogP contribution in [0.5, 0.6) is 5.75 Å². The summed E-state index contributed by atoms with van der Waals surface area (Å²) in [5, 5.41) is 12.9. The summed E-state index contributed by atoms with van der Waals surface area (Å²) in [7, 11) is 1.46. The average Bonchev–Trinajstić information content (AvgIpc) is 2.71. The molecule has 0 aliphatic carbocycles. The van der Waals surface area contributed by atoms with Crippen LogP contribution in [0.25, 0.3) is 0 Å². The number of benzene rings is 2. The Labute approximate surface area is 120 Å². The van der Waals surface area contributed by atoms with Crippen LogP contribution in [0.2, 0.25) is 5.02 Å². The normalized spacial score (nSPS) is 13.6. The van der Waals surface area contributed by atoms with Gasteiger partial charge in [0.25, 0.3) is 17.2 Å². The van der Waals surface area contributed by atoms with Crippen molar-refractivity contribution < 1.29 is 14.3 Å². The molecule has 2 aromatic carbocycles. The number of carbonyl (C=O) groups is 1. The van der Waals surface area contributed by atoms with Gasteiger partial charge in [-0.15, -0.1) is 0 Å². The molecule has 3 rings (SSSR count). The first-order valence-electron chi connectivity index (χ1n) is 5.95. The predicted molar refractivity (Wildman–Crippen MR) is 76.2 cm³/mol. The smallest absolute Gasteiger partial charge is 0.273 e. The fraction of sp³-hybridized carbons (Fsp3) is 0.0667. The number of rotatable bonds is 2. The van der Waals surface area contributed by atoms with Crippen molar-refractivity contribution in [2.24, 2.45) is 0 Å². The maximum Gasteiger partial charge on any atom is 0.273 e. The number of methoxy groups -OCH3 is 1. The van der Waals surface area contributed by atoms with Gasteiger partial charge in [0, 0.05) is 5.02 Å². The van der Waals surface area contributed by atoms with E-state index in [4.69, 9.17) is 16.3 Å². The number of carbonyl (C=O) groups excluding carboxylic acids is 1. The van der Waals surface area contributed by atoms with Gasteiger partial charge in [-0.05, 0) is 30.3 Å². The van der Waals surface area contributed by atoms with Gasteiger partial charge in [-0.2, -0.15) is 4.74 Å². The lowest BCUT2D eigenvalue weighted by atomic mass is 10.0. The van der Waals surface area contributed by atoms with Crippen molar-refractivity contribution >= 4 is 28.8 Å². The minimum atomic E-state index is -0.323. The van der Waals surface area contributed by atoms with Gasteiger partial charge in [-0.3, -0.25) is 4.79 Å². The van der Waals surface area contributed by atoms with Crippen LogP contribution in [0.4, 0.5) is 5.69 Å². The lowest BCUT2D eigenvalue weighted by Gasteiger charge is -2.06. The summed E-state index contributed by atoms with van der Waals surface area (Å²) in [4.78, 5) is 12.4. The number of halogens is 1. The molecule has 0 amide bonds. The largest absolute Gasteiger partial charge is 0.618 e. The highest BCUT2D eigenvalue weighted by molar-refractivity contribution is 6.52. The number of para-hydroxylation sites is 1. The Morgan fingerprint density at radius 2 is 1.95 bits per heavy atom. The van der Waals surface area contributed by atoms with E-state index >= 15 is 0 Å². The zero-order chi connectivity index (χ0) is 14.3. The molecule has 5 heteroatoms. The standard InChI is InChI=1S/C15H10ClNO3/c1-20-12-7-3-6-11-14(12)17(19)13(15(11)18)9-4-2-5-10(16)8-9/h2-8H,1H3. The number of ketones is 1. The monoisotopic (exact) mass is 287 g/mol. The molecule has 0 unspecified atom stereocenters. The Hall–Kier alpha value is -2.33. The maximum atomic E-state index is 12.4. The second kappa shape index (κ2) is 4.65. The quantitative estimate of drug-likeness (QED) is 0.630. The molecular weight excluding hydrogens is 278 g/mol. The van der Waals surface area contributed by atoms with Crippen LogP contribution in [-0.2, 0) is 0 Å². The predicted octanol–water partition coefficient (Wildman–Crippen LogP) is 3.18. The zero-order valence-electron chi connectivity index (χ0n) is 10.6. The first-order valence-corrected chi connectivity index (χ1v) is 6.33. The van der Waals surface area contributed by atoms with Crippen molar-refractivity contribution in [1.29, 1.82) is 0 Å². The Bertz CT molecular complexity index is 753. The molecule has 4 nitrogen and oxygen atoms in total. The van der Waals surface area contributed by atoms with Crippen molar-refractivity contribution in [2.75, 3.05) is 7.11 Å². The molecule has 0 N–H and O–H groups in total. The van der Waals surface area contributed by atoms with Crippen LogP contribution in [0.3, 0.4) is 0 Å². The van der Waals surface area contributed by atoms with Crippen LogP contribution in [-0.4, -0.2) is 23.3 Å². The van der Waals surface area contributed by atoms with Gasteiger partial charge in [0.05, 0.1) is 12.7 Å². The molecule has 0 saturated heterocycles. The van der Waals surface area contributed by atoms with Gasteiger partial charge >= 0.3 is 0 Å². The molecule has 1 heterocycles. The second-order valence-corrected chi connectivity index (χ2v) is 4.78. The molecule has 20 heavy (non-hydrogen) atoms. The van der Waals surface area contributed by atoms with E-state index in [1.54, 1.807) is 42.5 Å². The zero-order valence-corrected chi connectivity index (χ0v) is 11.3. The van der Waals surface area contributed by atoms with Gasteiger partial charge in [0.15, 0.2) is 5.75 Å². The Balaban J connectivity index is 2.24. The third kappa shape index (κ3) is 1.77. The van der Waals surface area contributed by atoms with E-state index < -0.39 is 0 Å². The topological polar surface area (TPSA) is 52.4 Å². The first-order chi connectivity index (χ1) is 9.63. The van der Waals surface area contributed by atoms with E-state index in [1.165, 1.54) is 7.11 Å². The van der Waals surface area contributed by atoms with Gasteiger partial charge in [0.2, 0.25) is 0 Å². The second-order valence-electron chi connectivity index (χ2n) is 4.34. The van der Waals surface area contributed by atoms with E-state index in [9.17, 15) is 10.0 Å². The SMILES string of the molecule is COc1cccc2c1[N+]([O-])=C(c1cccc(Cl)c1)C2=O. The van der Waals surface area contributed by atoms with E-state index in [1.807, 2.05) is 0 Å². The summed E-state index contributed by atoms with van der Waals surface area (Å²) in [6.45, 7) is 0. The van der Waals surface area contributed by atoms with E-state index in [-0.39, 0.29) is 17.2 Å². The Kier molecular flexibility index (Phi) is 2.95. The molecule has 0 atom stereocenters. The minimum Gasteiger partial charge on any atom is -0.618 e. The lowest BCUT2D eigenvalue weighted by molar-refractivity contribution is -0.356. The summed E-state index contributed by atoms with van der Waals surface area (Å²) in [5.74, 6) is 0.0547. The van der Waals surface area contributed by atoms with Crippen LogP contribution in [0, 0.1) is 5.21 Å². The van der Waals surface area contributed by atoms with Crippen molar-refractivity contribution in [3.63, 3.8) is 0 Å². The van der Waals surface area contributed by atoms with Gasteiger partial charge in [-0.25, -0.2) is 0 Å². The highest BCUT2D eigenvalue weighted by Crippen LogP contribution is 2.36. The highest BCUT2D eigenvalue weighted by Gasteiger charge is 2.38. The number of nitrogens with zero attached hydrogens (tertiary/aromatic N) is 1. The summed E-state index contributed by atoms with van der Waals surface area (Å²) >= 11 is 5.92. The summed E-state index contributed by atoms with van der Waals surface area (Å²) in [5.41, 5.74) is 1.15. The third-order valence-corrected chi connectivity index (χ3v) is 3.42. The molecule has 0 aromatic heterocycles. The fourth-order valence-electron chi connectivity index (χ4n) is 2.30. The van der Waals surface area contributed by atoms with Crippen LogP contribution >= 0.6 is 11.6 Å². The van der Waals surface area contributed by atoms with Crippen LogP contribution in [0.1, 0.15) is 15.9 Å². The Morgan fingerprint density at radius 3 is 2.65 bits per heavy atom. The van der Waals surface area contributed by atoms with E-state index in [0.717, 1.165) is 0 Å². The number of Topliss-reactive ketones (excluding diaryl/α,β-unsaturated/α-hetero) is 1. The summed E-state index contributed by atoms with van der Waals surface area (Å²) < 4.78 is 5.76. The molecule has 0 saturated carbocycles. The van der Waals surface area contributed by atoms with Crippen molar-refractivity contribution in [3.8, 4) is 5.75 Å². The van der Waals surface area contributed by atoms with Crippen molar-refractivity contribution in [3.05, 3.63) is 63.8 Å². The molecule has 1 aliphatic rings. The molecule has 2 aromatic rings. The van der Waals surface area contributed by atoms with Gasteiger partial charge in [0.1, 0.15) is 5.56 Å². The molecule has 0 fully saturated rings. The maximum absolute atomic E-state index is 12.4. The van der Waals surface area contributed by atoms with Crippen molar-refractivity contribution in [1.82, 2.24) is 0 Å². The Morgan fingerprint density at radius 1 is 1.20 bits per heavy atom. The van der Waals surface area contributed by atoms with Crippen molar-refractivity contribution in [2.45, 2.75) is 0 Å². The van der Waals surface area contributed by atoms with Crippen LogP contribution < -0.4 is 4.74 Å². The number of hydrogen-bond acceptors (Lipinski definition) is 3. The summed E-state index contributed by atoms with van der Waals surface area (Å²) in [6, 6.07) is 11.6. The number of ether oxygens (including phenoxy) is 1. The van der Waals surface area contributed by atoms with Gasteiger partial charge in [-0.1, -0.05) is 23.7 Å². The molecular formula is C15H10ClNO3. The first kappa shape index (κ1) is 12.7. The number of hydrogen-bond donors (Lipinski definition) is 0. The third-order valence-electron chi connectivity index (χ3n) is 3.18.